The number of thiazole rings is 1. The number of piperazine rings is 1. The van der Waals surface area contributed by atoms with E-state index in [2.05, 4.69) is 4.90 Å². The minimum atomic E-state index is -0.267. The third-order valence-corrected chi connectivity index (χ3v) is 6.28. The number of halogens is 1. The molecule has 1 saturated heterocycles. The van der Waals surface area contributed by atoms with Crippen LogP contribution in [0, 0.1) is 5.82 Å². The number of hydrogen-bond donors (Lipinski definition) is 0. The molecule has 1 fully saturated rings. The molecule has 1 amide bonds. The van der Waals surface area contributed by atoms with Crippen LogP contribution in [0.4, 0.5) is 9.52 Å². The zero-order chi connectivity index (χ0) is 22.7. The van der Waals surface area contributed by atoms with Crippen molar-refractivity contribution in [2.45, 2.75) is 0 Å². The summed E-state index contributed by atoms with van der Waals surface area (Å²) in [4.78, 5) is 21.8. The number of ether oxygens (including phenoxy) is 3. The quantitative estimate of drug-likeness (QED) is 0.559. The van der Waals surface area contributed by atoms with Crippen molar-refractivity contribution >= 4 is 22.4 Å². The maximum absolute atomic E-state index is 13.2. The number of hydrogen-bond acceptors (Lipinski definition) is 7. The Morgan fingerprint density at radius 3 is 2.16 bits per heavy atom. The molecule has 4 rings (SSSR count). The fraction of sp³-hybridized carbons (Fsp3) is 0.304. The summed E-state index contributed by atoms with van der Waals surface area (Å²) in [6.45, 7) is 2.49. The van der Waals surface area contributed by atoms with E-state index >= 15 is 0 Å². The zero-order valence-electron chi connectivity index (χ0n) is 18.1. The van der Waals surface area contributed by atoms with Crippen LogP contribution in [0.15, 0.2) is 41.8 Å². The molecule has 2 heterocycles. The van der Waals surface area contributed by atoms with Crippen molar-refractivity contribution in [1.82, 2.24) is 9.88 Å². The lowest BCUT2D eigenvalue weighted by atomic mass is 10.1. The fourth-order valence-electron chi connectivity index (χ4n) is 3.65. The number of carbonyl (C=O) groups excluding carboxylic acids is 1. The largest absolute Gasteiger partial charge is 0.493 e. The van der Waals surface area contributed by atoms with Crippen LogP contribution in [0.25, 0.3) is 11.3 Å². The van der Waals surface area contributed by atoms with Gasteiger partial charge in [0.15, 0.2) is 16.6 Å². The molecule has 0 spiro atoms. The van der Waals surface area contributed by atoms with Crippen LogP contribution in [0.2, 0.25) is 0 Å². The van der Waals surface area contributed by atoms with Gasteiger partial charge < -0.3 is 24.0 Å². The minimum Gasteiger partial charge on any atom is -0.493 e. The first-order chi connectivity index (χ1) is 15.5. The predicted octanol–water partition coefficient (Wildman–Crippen LogP) is 3.94. The smallest absolute Gasteiger partial charge is 0.254 e. The topological polar surface area (TPSA) is 64.1 Å². The average molecular weight is 458 g/mol. The molecule has 0 atom stereocenters. The van der Waals surface area contributed by atoms with Gasteiger partial charge >= 0.3 is 0 Å². The lowest BCUT2D eigenvalue weighted by Crippen LogP contribution is -2.48. The Kier molecular flexibility index (Phi) is 6.45. The number of methoxy groups -OCH3 is 3. The molecule has 1 aliphatic rings. The van der Waals surface area contributed by atoms with Crippen molar-refractivity contribution in [2.24, 2.45) is 0 Å². The number of carbonyl (C=O) groups is 1. The molecule has 0 N–H and O–H groups in total. The zero-order valence-corrected chi connectivity index (χ0v) is 18.9. The second-order valence-corrected chi connectivity index (χ2v) is 8.05. The normalized spacial score (nSPS) is 13.8. The SMILES string of the molecule is COc1cc(C(=O)N2CCN(c3nc(-c4ccc(F)cc4)cs3)CC2)cc(OC)c1OC. The average Bonchev–Trinajstić information content (AvgIpc) is 3.33. The summed E-state index contributed by atoms with van der Waals surface area (Å²) >= 11 is 1.55. The molecular formula is C23H24FN3O4S. The standard InChI is InChI=1S/C23H24FN3O4S/c1-29-19-12-16(13-20(30-2)21(19)31-3)22(28)26-8-10-27(11-9-26)23-25-18(14-32-23)15-4-6-17(24)7-5-15/h4-7,12-14H,8-11H2,1-3H3. The van der Waals surface area contributed by atoms with Crippen LogP contribution < -0.4 is 19.1 Å². The summed E-state index contributed by atoms with van der Waals surface area (Å²) in [5.41, 5.74) is 2.19. The predicted molar refractivity (Wildman–Crippen MR) is 122 cm³/mol. The van der Waals surface area contributed by atoms with Crippen LogP contribution in [-0.4, -0.2) is 63.3 Å². The van der Waals surface area contributed by atoms with Gasteiger partial charge in [-0.25, -0.2) is 9.37 Å². The van der Waals surface area contributed by atoms with Crippen molar-refractivity contribution in [3.63, 3.8) is 0 Å². The Morgan fingerprint density at radius 2 is 1.59 bits per heavy atom. The van der Waals surface area contributed by atoms with Crippen LogP contribution in [0.5, 0.6) is 17.2 Å². The third-order valence-electron chi connectivity index (χ3n) is 5.38. The van der Waals surface area contributed by atoms with Crippen LogP contribution in [0.3, 0.4) is 0 Å². The summed E-state index contributed by atoms with van der Waals surface area (Å²) < 4.78 is 29.2. The van der Waals surface area contributed by atoms with E-state index in [4.69, 9.17) is 19.2 Å². The highest BCUT2D eigenvalue weighted by atomic mass is 32.1. The van der Waals surface area contributed by atoms with E-state index in [1.807, 2.05) is 10.3 Å². The van der Waals surface area contributed by atoms with Crippen LogP contribution >= 0.6 is 11.3 Å². The summed E-state index contributed by atoms with van der Waals surface area (Å²) in [7, 11) is 4.58. The molecule has 1 aliphatic heterocycles. The molecule has 0 saturated carbocycles. The molecule has 32 heavy (non-hydrogen) atoms. The van der Waals surface area contributed by atoms with E-state index in [1.54, 1.807) is 35.6 Å². The van der Waals surface area contributed by atoms with E-state index in [-0.39, 0.29) is 11.7 Å². The molecule has 9 heteroatoms. The van der Waals surface area contributed by atoms with Gasteiger partial charge in [0.2, 0.25) is 5.75 Å². The molecule has 3 aromatic rings. The molecule has 0 bridgehead atoms. The highest BCUT2D eigenvalue weighted by Crippen LogP contribution is 2.38. The van der Waals surface area contributed by atoms with E-state index < -0.39 is 0 Å². The number of anilines is 1. The second-order valence-electron chi connectivity index (χ2n) is 7.22. The van der Waals surface area contributed by atoms with Gasteiger partial charge in [0, 0.05) is 42.7 Å². The van der Waals surface area contributed by atoms with Gasteiger partial charge in [-0.05, 0) is 36.4 Å². The molecular weight excluding hydrogens is 433 g/mol. The van der Waals surface area contributed by atoms with Gasteiger partial charge in [0.25, 0.3) is 5.91 Å². The van der Waals surface area contributed by atoms with Gasteiger partial charge in [-0.1, -0.05) is 0 Å². The second kappa shape index (κ2) is 9.44. The molecule has 7 nitrogen and oxygen atoms in total. The Bertz CT molecular complexity index is 1070. The van der Waals surface area contributed by atoms with Crippen LogP contribution in [0.1, 0.15) is 10.4 Å². The Hall–Kier alpha value is -3.33. The maximum atomic E-state index is 13.2. The number of aromatic nitrogens is 1. The summed E-state index contributed by atoms with van der Waals surface area (Å²) in [6, 6.07) is 9.66. The number of benzene rings is 2. The summed E-state index contributed by atoms with van der Waals surface area (Å²) in [5, 5.41) is 2.86. The van der Waals surface area contributed by atoms with Crippen molar-refractivity contribution in [1.29, 1.82) is 0 Å². The van der Waals surface area contributed by atoms with E-state index in [9.17, 15) is 9.18 Å². The third kappa shape index (κ3) is 4.34. The summed E-state index contributed by atoms with van der Waals surface area (Å²) in [5.74, 6) is 0.999. The molecule has 0 radical (unpaired) electrons. The first kappa shape index (κ1) is 21.9. The highest BCUT2D eigenvalue weighted by Gasteiger charge is 2.26. The Labute approximate surface area is 190 Å². The molecule has 1 aromatic heterocycles. The highest BCUT2D eigenvalue weighted by molar-refractivity contribution is 7.14. The first-order valence-corrected chi connectivity index (χ1v) is 11.0. The maximum Gasteiger partial charge on any atom is 0.254 e. The number of rotatable bonds is 6. The molecule has 0 aliphatic carbocycles. The van der Waals surface area contributed by atoms with E-state index in [1.165, 1.54) is 33.5 Å². The van der Waals surface area contributed by atoms with Gasteiger partial charge in [0.05, 0.1) is 27.0 Å². The first-order valence-electron chi connectivity index (χ1n) is 10.1. The summed E-state index contributed by atoms with van der Waals surface area (Å²) in [6.07, 6.45) is 0. The van der Waals surface area contributed by atoms with Gasteiger partial charge in [-0.3, -0.25) is 4.79 Å². The van der Waals surface area contributed by atoms with Gasteiger partial charge in [0.1, 0.15) is 5.82 Å². The van der Waals surface area contributed by atoms with E-state index in [0.717, 1.165) is 16.4 Å². The number of amides is 1. The van der Waals surface area contributed by atoms with Crippen molar-refractivity contribution in [3.8, 4) is 28.5 Å². The van der Waals surface area contributed by atoms with Crippen molar-refractivity contribution < 1.29 is 23.4 Å². The minimum absolute atomic E-state index is 0.0879. The fourth-order valence-corrected chi connectivity index (χ4v) is 4.54. The van der Waals surface area contributed by atoms with Crippen molar-refractivity contribution in [2.75, 3.05) is 52.4 Å². The van der Waals surface area contributed by atoms with Crippen LogP contribution in [-0.2, 0) is 0 Å². The Morgan fingerprint density at radius 1 is 0.969 bits per heavy atom. The Balaban J connectivity index is 1.44. The lowest BCUT2D eigenvalue weighted by molar-refractivity contribution is 0.0746. The monoisotopic (exact) mass is 457 g/mol. The molecule has 2 aromatic carbocycles. The van der Waals surface area contributed by atoms with Gasteiger partial charge in [-0.2, -0.15) is 0 Å². The van der Waals surface area contributed by atoms with Crippen molar-refractivity contribution in [3.05, 3.63) is 53.2 Å². The lowest BCUT2D eigenvalue weighted by Gasteiger charge is -2.34. The number of nitrogens with zero attached hydrogens (tertiary/aromatic N) is 3. The molecule has 0 unspecified atom stereocenters. The van der Waals surface area contributed by atoms with Gasteiger partial charge in [-0.15, -0.1) is 11.3 Å². The van der Waals surface area contributed by atoms with E-state index in [0.29, 0.717) is 49.0 Å². The molecule has 168 valence electrons.